The minimum atomic E-state index is -4.72. The standard InChI is InChI=1S/C26H28F5NO3/c1-15(26(29,30)31)21(17-6-8-18(27)9-7-17)22(33)32-20-13-16(5-10-19(20)28)14-25(11-12-25)23(34)35-24(2,3)4/h5-10,13,15,21H,11-12,14H2,1-4H3,(H,32,33)/t15-,21+/m1/s1. The first-order chi connectivity index (χ1) is 16.1. The van der Waals surface area contributed by atoms with Crippen molar-refractivity contribution in [1.29, 1.82) is 0 Å². The summed E-state index contributed by atoms with van der Waals surface area (Å²) in [5.74, 6) is -6.77. The van der Waals surface area contributed by atoms with Gasteiger partial charge in [-0.2, -0.15) is 13.2 Å². The van der Waals surface area contributed by atoms with Gasteiger partial charge in [-0.25, -0.2) is 8.78 Å². The van der Waals surface area contributed by atoms with E-state index in [0.717, 1.165) is 37.3 Å². The van der Waals surface area contributed by atoms with Crippen LogP contribution in [0.4, 0.5) is 27.6 Å². The number of ether oxygens (including phenoxy) is 1. The molecule has 2 aromatic rings. The topological polar surface area (TPSA) is 55.4 Å². The van der Waals surface area contributed by atoms with Crippen LogP contribution in [0, 0.1) is 23.0 Å². The number of halogens is 5. The Morgan fingerprint density at radius 1 is 1.03 bits per heavy atom. The number of nitrogens with one attached hydrogen (secondary N) is 1. The third kappa shape index (κ3) is 6.58. The Kier molecular flexibility index (Phi) is 7.29. The number of rotatable bonds is 7. The van der Waals surface area contributed by atoms with Gasteiger partial charge in [0.25, 0.3) is 0 Å². The minimum Gasteiger partial charge on any atom is -0.460 e. The van der Waals surface area contributed by atoms with Crippen molar-refractivity contribution in [3.63, 3.8) is 0 Å². The van der Waals surface area contributed by atoms with Crippen molar-refractivity contribution >= 4 is 17.6 Å². The molecular weight excluding hydrogens is 469 g/mol. The molecule has 3 rings (SSSR count). The van der Waals surface area contributed by atoms with E-state index in [1.165, 1.54) is 12.1 Å². The van der Waals surface area contributed by atoms with Gasteiger partial charge in [-0.15, -0.1) is 0 Å². The zero-order valence-electron chi connectivity index (χ0n) is 19.9. The summed E-state index contributed by atoms with van der Waals surface area (Å²) in [6, 6.07) is 8.01. The molecule has 0 unspecified atom stereocenters. The van der Waals surface area contributed by atoms with E-state index in [-0.39, 0.29) is 23.6 Å². The minimum absolute atomic E-state index is 0.0489. The molecule has 2 aromatic carbocycles. The van der Waals surface area contributed by atoms with Crippen LogP contribution < -0.4 is 5.32 Å². The van der Waals surface area contributed by atoms with Crippen LogP contribution in [0.15, 0.2) is 42.5 Å². The summed E-state index contributed by atoms with van der Waals surface area (Å²) >= 11 is 0. The molecule has 1 aliphatic rings. The first-order valence-electron chi connectivity index (χ1n) is 11.3. The van der Waals surface area contributed by atoms with Crippen LogP contribution in [-0.2, 0) is 20.7 Å². The Morgan fingerprint density at radius 2 is 1.63 bits per heavy atom. The van der Waals surface area contributed by atoms with Crippen LogP contribution in [0.5, 0.6) is 0 Å². The second-order valence-electron chi connectivity index (χ2n) is 10.1. The normalized spacial score (nSPS) is 16.8. The number of carbonyl (C=O) groups is 2. The predicted octanol–water partition coefficient (Wildman–Crippen LogP) is 6.55. The molecule has 1 saturated carbocycles. The lowest BCUT2D eigenvalue weighted by atomic mass is 9.85. The lowest BCUT2D eigenvalue weighted by Gasteiger charge is -2.26. The van der Waals surface area contributed by atoms with E-state index in [0.29, 0.717) is 18.4 Å². The number of amides is 1. The molecule has 0 heterocycles. The van der Waals surface area contributed by atoms with E-state index in [1.54, 1.807) is 20.8 Å². The maximum Gasteiger partial charge on any atom is 0.392 e. The fraction of sp³-hybridized carbons (Fsp3) is 0.462. The molecule has 0 radical (unpaired) electrons. The molecule has 4 nitrogen and oxygen atoms in total. The van der Waals surface area contributed by atoms with E-state index < -0.39 is 46.6 Å². The summed E-state index contributed by atoms with van der Waals surface area (Å²) in [7, 11) is 0. The largest absolute Gasteiger partial charge is 0.460 e. The predicted molar refractivity (Wildman–Crippen MR) is 121 cm³/mol. The lowest BCUT2D eigenvalue weighted by Crippen LogP contribution is -2.34. The summed E-state index contributed by atoms with van der Waals surface area (Å²) in [5.41, 5.74) is -1.22. The number of anilines is 1. The van der Waals surface area contributed by atoms with Crippen LogP contribution in [0.3, 0.4) is 0 Å². The Morgan fingerprint density at radius 3 is 2.14 bits per heavy atom. The SMILES string of the molecule is C[C@H]([C@H](C(=O)Nc1cc(CC2(C(=O)OC(C)(C)C)CC2)ccc1F)c1ccc(F)cc1)C(F)(F)F. The van der Waals surface area contributed by atoms with Gasteiger partial charge in [0.15, 0.2) is 0 Å². The third-order valence-electron chi connectivity index (χ3n) is 6.04. The highest BCUT2D eigenvalue weighted by Gasteiger charge is 2.52. The van der Waals surface area contributed by atoms with Gasteiger partial charge in [-0.05, 0) is 75.4 Å². The van der Waals surface area contributed by atoms with Gasteiger partial charge >= 0.3 is 12.1 Å². The highest BCUT2D eigenvalue weighted by Crippen LogP contribution is 2.50. The van der Waals surface area contributed by atoms with Crippen molar-refractivity contribution in [2.24, 2.45) is 11.3 Å². The number of hydrogen-bond donors (Lipinski definition) is 1. The second-order valence-corrected chi connectivity index (χ2v) is 10.1. The molecule has 0 aromatic heterocycles. The van der Waals surface area contributed by atoms with Crippen LogP contribution >= 0.6 is 0 Å². The molecule has 9 heteroatoms. The first-order valence-corrected chi connectivity index (χ1v) is 11.3. The highest BCUT2D eigenvalue weighted by molar-refractivity contribution is 5.96. The number of hydrogen-bond acceptors (Lipinski definition) is 3. The Labute approximate surface area is 200 Å². The van der Waals surface area contributed by atoms with Crippen LogP contribution in [0.25, 0.3) is 0 Å². The molecule has 2 atom stereocenters. The van der Waals surface area contributed by atoms with E-state index in [9.17, 15) is 31.5 Å². The van der Waals surface area contributed by atoms with Gasteiger partial charge in [0, 0.05) is 0 Å². The Balaban J connectivity index is 1.84. The highest BCUT2D eigenvalue weighted by atomic mass is 19.4. The molecule has 0 bridgehead atoms. The van der Waals surface area contributed by atoms with Gasteiger partial charge in [0.05, 0.1) is 22.9 Å². The molecule has 190 valence electrons. The number of alkyl halides is 3. The van der Waals surface area contributed by atoms with E-state index in [4.69, 9.17) is 4.74 Å². The van der Waals surface area contributed by atoms with E-state index in [1.807, 2.05) is 0 Å². The van der Waals surface area contributed by atoms with Gasteiger partial charge in [0.2, 0.25) is 5.91 Å². The van der Waals surface area contributed by atoms with Crippen molar-refractivity contribution in [1.82, 2.24) is 0 Å². The molecular formula is C26H28F5NO3. The fourth-order valence-electron chi connectivity index (χ4n) is 3.90. The zero-order chi connectivity index (χ0) is 26.2. The summed E-state index contributed by atoms with van der Waals surface area (Å²) in [6.45, 7) is 6.11. The van der Waals surface area contributed by atoms with Crippen molar-refractivity contribution in [2.45, 2.75) is 64.7 Å². The molecule has 0 saturated heterocycles. The summed E-state index contributed by atoms with van der Waals surface area (Å²) < 4.78 is 73.9. The maximum atomic E-state index is 14.5. The number of carbonyl (C=O) groups excluding carboxylic acids is 2. The van der Waals surface area contributed by atoms with Gasteiger partial charge < -0.3 is 10.1 Å². The molecule has 0 spiro atoms. The lowest BCUT2D eigenvalue weighted by molar-refractivity contribution is -0.178. The summed E-state index contributed by atoms with van der Waals surface area (Å²) in [4.78, 5) is 25.6. The van der Waals surface area contributed by atoms with Crippen molar-refractivity contribution < 1.29 is 36.3 Å². The van der Waals surface area contributed by atoms with Gasteiger partial charge in [-0.3, -0.25) is 9.59 Å². The van der Waals surface area contributed by atoms with Crippen molar-refractivity contribution in [3.8, 4) is 0 Å². The summed E-state index contributed by atoms with van der Waals surface area (Å²) in [5, 5.41) is 2.27. The molecule has 0 aliphatic heterocycles. The Bertz CT molecular complexity index is 1090. The van der Waals surface area contributed by atoms with Crippen molar-refractivity contribution in [2.75, 3.05) is 5.32 Å². The van der Waals surface area contributed by atoms with Gasteiger partial charge in [-0.1, -0.05) is 25.1 Å². The van der Waals surface area contributed by atoms with E-state index in [2.05, 4.69) is 5.32 Å². The maximum absolute atomic E-state index is 14.5. The smallest absolute Gasteiger partial charge is 0.392 e. The number of esters is 1. The third-order valence-corrected chi connectivity index (χ3v) is 6.04. The average molecular weight is 498 g/mol. The van der Waals surface area contributed by atoms with E-state index >= 15 is 0 Å². The fourth-order valence-corrected chi connectivity index (χ4v) is 3.90. The monoisotopic (exact) mass is 497 g/mol. The second kappa shape index (κ2) is 9.59. The molecule has 1 N–H and O–H groups in total. The molecule has 1 aliphatic carbocycles. The van der Waals surface area contributed by atoms with Crippen LogP contribution in [0.2, 0.25) is 0 Å². The van der Waals surface area contributed by atoms with Crippen molar-refractivity contribution in [3.05, 3.63) is 65.2 Å². The first kappa shape index (κ1) is 26.6. The molecule has 1 amide bonds. The zero-order valence-corrected chi connectivity index (χ0v) is 19.9. The average Bonchev–Trinajstić information content (AvgIpc) is 3.51. The quantitative estimate of drug-likeness (QED) is 0.349. The molecule has 35 heavy (non-hydrogen) atoms. The van der Waals surface area contributed by atoms with Gasteiger partial charge in [0.1, 0.15) is 17.2 Å². The Hall–Kier alpha value is -2.97. The molecule has 1 fully saturated rings. The van der Waals surface area contributed by atoms with Crippen LogP contribution in [0.1, 0.15) is 57.6 Å². The number of benzene rings is 2. The summed E-state index contributed by atoms with van der Waals surface area (Å²) in [6.07, 6.45) is -3.29. The van der Waals surface area contributed by atoms with Crippen LogP contribution in [-0.4, -0.2) is 23.7 Å².